The molecule has 1 amide bonds. The van der Waals surface area contributed by atoms with Gasteiger partial charge in [-0.15, -0.1) is 0 Å². The van der Waals surface area contributed by atoms with E-state index in [-0.39, 0.29) is 21.8 Å². The van der Waals surface area contributed by atoms with Gasteiger partial charge in [-0.2, -0.15) is 0 Å². The van der Waals surface area contributed by atoms with E-state index in [9.17, 15) is 18.0 Å². The number of esters is 1. The predicted molar refractivity (Wildman–Crippen MR) is 121 cm³/mol. The Morgan fingerprint density at radius 3 is 2.22 bits per heavy atom. The number of ether oxygens (including phenoxy) is 2. The van der Waals surface area contributed by atoms with E-state index >= 15 is 0 Å². The van der Waals surface area contributed by atoms with Crippen LogP contribution in [-0.4, -0.2) is 34.5 Å². The van der Waals surface area contributed by atoms with E-state index in [0.29, 0.717) is 11.3 Å². The molecule has 8 nitrogen and oxygen atoms in total. The maximum Gasteiger partial charge on any atom is 0.339 e. The zero-order chi connectivity index (χ0) is 23.3. The molecule has 0 radical (unpaired) electrons. The van der Waals surface area contributed by atoms with Crippen LogP contribution in [0.5, 0.6) is 5.75 Å². The largest absolute Gasteiger partial charge is 0.495 e. The highest BCUT2D eigenvalue weighted by Crippen LogP contribution is 2.29. The summed E-state index contributed by atoms with van der Waals surface area (Å²) in [5.74, 6) is -0.801. The summed E-state index contributed by atoms with van der Waals surface area (Å²) in [7, 11) is -1.47. The zero-order valence-corrected chi connectivity index (χ0v) is 18.5. The van der Waals surface area contributed by atoms with E-state index in [2.05, 4.69) is 10.0 Å². The number of hydrogen-bond donors (Lipinski definition) is 2. The van der Waals surface area contributed by atoms with Crippen molar-refractivity contribution in [1.82, 2.24) is 0 Å². The third-order valence-corrected chi connectivity index (χ3v) is 5.98. The molecule has 0 aliphatic rings. The van der Waals surface area contributed by atoms with Crippen LogP contribution in [0.2, 0.25) is 0 Å². The molecular weight excluding hydrogens is 432 g/mol. The molecule has 0 spiro atoms. The van der Waals surface area contributed by atoms with Gasteiger partial charge in [0.2, 0.25) is 0 Å². The van der Waals surface area contributed by atoms with Crippen molar-refractivity contribution in [2.24, 2.45) is 0 Å². The summed E-state index contributed by atoms with van der Waals surface area (Å²) in [5.41, 5.74) is 1.74. The van der Waals surface area contributed by atoms with Crippen LogP contribution in [-0.2, 0) is 14.8 Å². The molecule has 0 unspecified atom stereocenters. The van der Waals surface area contributed by atoms with Gasteiger partial charge in [-0.1, -0.05) is 29.8 Å². The monoisotopic (exact) mass is 454 g/mol. The van der Waals surface area contributed by atoms with Crippen molar-refractivity contribution in [3.05, 3.63) is 83.4 Å². The molecule has 3 aromatic carbocycles. The van der Waals surface area contributed by atoms with Gasteiger partial charge in [0.25, 0.3) is 15.9 Å². The van der Waals surface area contributed by atoms with Crippen LogP contribution < -0.4 is 14.8 Å². The van der Waals surface area contributed by atoms with E-state index < -0.39 is 21.9 Å². The Balaban J connectivity index is 1.92. The van der Waals surface area contributed by atoms with Gasteiger partial charge in [-0.05, 0) is 49.4 Å². The molecule has 9 heteroatoms. The van der Waals surface area contributed by atoms with Gasteiger partial charge in [-0.25, -0.2) is 13.2 Å². The maximum absolute atomic E-state index is 13.0. The molecule has 0 saturated heterocycles. The van der Waals surface area contributed by atoms with Gasteiger partial charge in [0.1, 0.15) is 5.75 Å². The Morgan fingerprint density at radius 1 is 0.875 bits per heavy atom. The van der Waals surface area contributed by atoms with Crippen molar-refractivity contribution in [3.63, 3.8) is 0 Å². The summed E-state index contributed by atoms with van der Waals surface area (Å²) >= 11 is 0. The highest BCUT2D eigenvalue weighted by molar-refractivity contribution is 7.92. The van der Waals surface area contributed by atoms with Crippen LogP contribution in [0.4, 0.5) is 11.4 Å². The maximum atomic E-state index is 13.0. The Labute approximate surface area is 186 Å². The average Bonchev–Trinajstić information content (AvgIpc) is 2.79. The number of benzene rings is 3. The van der Waals surface area contributed by atoms with Crippen molar-refractivity contribution >= 4 is 33.3 Å². The quantitative estimate of drug-likeness (QED) is 0.525. The number of anilines is 2. The van der Waals surface area contributed by atoms with Crippen LogP contribution in [0.25, 0.3) is 0 Å². The topological polar surface area (TPSA) is 111 Å². The first-order valence-corrected chi connectivity index (χ1v) is 11.0. The molecule has 0 bridgehead atoms. The highest BCUT2D eigenvalue weighted by atomic mass is 32.2. The fourth-order valence-electron chi connectivity index (χ4n) is 2.92. The third-order valence-electron chi connectivity index (χ3n) is 4.62. The van der Waals surface area contributed by atoms with Gasteiger partial charge in [0.15, 0.2) is 0 Å². The van der Waals surface area contributed by atoms with Crippen LogP contribution in [0.1, 0.15) is 26.3 Å². The van der Waals surface area contributed by atoms with Crippen LogP contribution in [0.15, 0.2) is 71.6 Å². The van der Waals surface area contributed by atoms with Crippen molar-refractivity contribution in [2.75, 3.05) is 24.3 Å². The number of methoxy groups -OCH3 is 2. The number of hydrogen-bond acceptors (Lipinski definition) is 6. The molecule has 3 aromatic rings. The minimum Gasteiger partial charge on any atom is -0.495 e. The van der Waals surface area contributed by atoms with Crippen LogP contribution in [0.3, 0.4) is 0 Å². The normalized spacial score (nSPS) is 10.8. The van der Waals surface area contributed by atoms with Gasteiger partial charge in [0.05, 0.1) is 36.1 Å². The number of carbonyl (C=O) groups excluding carboxylic acids is 2. The van der Waals surface area contributed by atoms with Crippen molar-refractivity contribution in [2.45, 2.75) is 11.8 Å². The summed E-state index contributed by atoms with van der Waals surface area (Å²) in [5, 5.41) is 2.68. The van der Waals surface area contributed by atoms with E-state index in [1.807, 2.05) is 6.92 Å². The number of aryl methyl sites for hydroxylation is 1. The van der Waals surface area contributed by atoms with Crippen LogP contribution in [0, 0.1) is 6.92 Å². The lowest BCUT2D eigenvalue weighted by Crippen LogP contribution is -2.17. The molecule has 0 saturated carbocycles. The van der Waals surface area contributed by atoms with E-state index in [1.54, 1.807) is 36.4 Å². The van der Waals surface area contributed by atoms with Gasteiger partial charge < -0.3 is 14.8 Å². The van der Waals surface area contributed by atoms with Gasteiger partial charge in [0, 0.05) is 5.56 Å². The fraction of sp³-hybridized carbons (Fsp3) is 0.130. The lowest BCUT2D eigenvalue weighted by Gasteiger charge is -2.14. The first-order chi connectivity index (χ1) is 15.2. The highest BCUT2D eigenvalue weighted by Gasteiger charge is 2.21. The molecule has 0 fully saturated rings. The number of carbonyl (C=O) groups is 2. The third kappa shape index (κ3) is 5.06. The Kier molecular flexibility index (Phi) is 6.79. The molecule has 166 valence electrons. The van der Waals surface area contributed by atoms with E-state index in [0.717, 1.165) is 5.56 Å². The number of rotatable bonds is 7. The molecule has 0 aliphatic carbocycles. The number of sulfonamides is 1. The van der Waals surface area contributed by atoms with Gasteiger partial charge in [-0.3, -0.25) is 9.52 Å². The molecule has 0 aliphatic heterocycles. The Hall–Kier alpha value is -3.85. The number of para-hydroxylation sites is 1. The van der Waals surface area contributed by atoms with Crippen molar-refractivity contribution < 1.29 is 27.5 Å². The predicted octanol–water partition coefficient (Wildman–Crippen LogP) is 3.84. The molecule has 0 heterocycles. The minimum absolute atomic E-state index is 0.0694. The molecule has 32 heavy (non-hydrogen) atoms. The standard InChI is InChI=1S/C23H22N2O6S/c1-15-8-10-16(11-9-15)22(26)24-20-14-17(12-13-21(20)30-2)32(28,29)25-19-7-5-4-6-18(19)23(27)31-3/h4-14,25H,1-3H3,(H,24,26). The van der Waals surface area contributed by atoms with Gasteiger partial charge >= 0.3 is 5.97 Å². The second kappa shape index (κ2) is 9.52. The summed E-state index contributed by atoms with van der Waals surface area (Å²) in [6, 6.07) is 17.1. The van der Waals surface area contributed by atoms with Crippen molar-refractivity contribution in [1.29, 1.82) is 0 Å². The van der Waals surface area contributed by atoms with Crippen LogP contribution >= 0.6 is 0 Å². The lowest BCUT2D eigenvalue weighted by molar-refractivity contribution is 0.0602. The fourth-order valence-corrected chi connectivity index (χ4v) is 4.02. The summed E-state index contributed by atoms with van der Waals surface area (Å²) in [6.07, 6.45) is 0. The molecule has 2 N–H and O–H groups in total. The summed E-state index contributed by atoms with van der Waals surface area (Å²) in [6.45, 7) is 1.91. The minimum atomic E-state index is -4.10. The van der Waals surface area contributed by atoms with Crippen molar-refractivity contribution in [3.8, 4) is 5.75 Å². The molecule has 0 atom stereocenters. The first kappa shape index (κ1) is 22.8. The SMILES string of the molecule is COC(=O)c1ccccc1NS(=O)(=O)c1ccc(OC)c(NC(=O)c2ccc(C)cc2)c1. The smallest absolute Gasteiger partial charge is 0.339 e. The average molecular weight is 455 g/mol. The molecule has 0 aromatic heterocycles. The van der Waals surface area contributed by atoms with E-state index in [4.69, 9.17) is 9.47 Å². The second-order valence-electron chi connectivity index (χ2n) is 6.82. The number of amides is 1. The molecule has 3 rings (SSSR count). The van der Waals surface area contributed by atoms with E-state index in [1.165, 1.54) is 44.6 Å². The Morgan fingerprint density at radius 2 is 1.56 bits per heavy atom. The lowest BCUT2D eigenvalue weighted by atomic mass is 10.1. The summed E-state index contributed by atoms with van der Waals surface area (Å²) in [4.78, 5) is 24.4. The zero-order valence-electron chi connectivity index (χ0n) is 17.7. The number of nitrogens with one attached hydrogen (secondary N) is 2. The Bertz CT molecular complexity index is 1250. The molecular formula is C23H22N2O6S. The summed E-state index contributed by atoms with van der Waals surface area (Å²) < 4.78 is 38.3. The second-order valence-corrected chi connectivity index (χ2v) is 8.51. The first-order valence-electron chi connectivity index (χ1n) is 9.51.